The van der Waals surface area contributed by atoms with Crippen molar-refractivity contribution < 1.29 is 4.74 Å². The molecule has 1 aromatic heterocycles. The molecule has 0 N–H and O–H groups in total. The summed E-state index contributed by atoms with van der Waals surface area (Å²) < 4.78 is 9.53. The lowest BCUT2D eigenvalue weighted by atomic mass is 9.44. The van der Waals surface area contributed by atoms with Crippen molar-refractivity contribution in [2.24, 2.45) is 0 Å². The first-order valence-corrected chi connectivity index (χ1v) is 26.5. The minimum atomic E-state index is -2.80. The van der Waals surface area contributed by atoms with Crippen molar-refractivity contribution in [2.45, 2.75) is 0 Å². The fourth-order valence-corrected chi connectivity index (χ4v) is 16.8. The summed E-state index contributed by atoms with van der Waals surface area (Å²) in [6.07, 6.45) is 0. The van der Waals surface area contributed by atoms with E-state index >= 15 is 0 Å². The lowest BCUT2D eigenvalue weighted by Gasteiger charge is -2.42. The third kappa shape index (κ3) is 6.44. The Kier molecular flexibility index (Phi) is 9.65. The molecule has 0 fully saturated rings. The molecule has 0 spiro atoms. The summed E-state index contributed by atoms with van der Waals surface area (Å²) in [4.78, 5) is 2.55. The molecule has 0 radical (unpaired) electrons. The molecule has 0 bridgehead atoms. The fraction of sp³-hybridized carbons (Fsp3) is 0. The van der Waals surface area contributed by atoms with E-state index in [2.05, 4.69) is 282 Å². The molecule has 0 amide bonds. The maximum absolute atomic E-state index is 7.09. The van der Waals surface area contributed by atoms with Gasteiger partial charge in [0, 0.05) is 38.7 Å². The minimum Gasteiger partial charge on any atom is -0.458 e. The van der Waals surface area contributed by atoms with Crippen molar-refractivity contribution in [1.29, 1.82) is 0 Å². The van der Waals surface area contributed by atoms with E-state index in [0.717, 1.165) is 50.7 Å². The number of anilines is 2. The van der Waals surface area contributed by atoms with E-state index in [9.17, 15) is 0 Å². The molecule has 14 rings (SSSR count). The highest BCUT2D eigenvalue weighted by Crippen LogP contribution is 2.47. The Morgan fingerprint density at radius 3 is 1.58 bits per heavy atom. The topological polar surface area (TPSA) is 17.4 Å². The number of nitrogens with zero attached hydrogens (tertiary/aromatic N) is 2. The monoisotopic (exact) mass is 920 g/mol. The largest absolute Gasteiger partial charge is 0.458 e. The van der Waals surface area contributed by atoms with Crippen molar-refractivity contribution in [3.05, 3.63) is 273 Å². The summed E-state index contributed by atoms with van der Waals surface area (Å²) in [5.74, 6) is 1.76. The van der Waals surface area contributed by atoms with Crippen LogP contribution in [-0.4, -0.2) is 19.5 Å². The zero-order valence-electron chi connectivity index (χ0n) is 38.9. The summed E-state index contributed by atoms with van der Waals surface area (Å²) in [7, 11) is -2.80. The van der Waals surface area contributed by atoms with Crippen LogP contribution in [0.25, 0.3) is 60.9 Å². The molecular formula is C66H45BN2OSi. The lowest BCUT2D eigenvalue weighted by molar-refractivity contribution is 0.487. The van der Waals surface area contributed by atoms with Crippen LogP contribution in [0.2, 0.25) is 0 Å². The van der Waals surface area contributed by atoms with E-state index in [4.69, 9.17) is 4.74 Å². The van der Waals surface area contributed by atoms with Crippen LogP contribution < -0.4 is 41.2 Å². The molecule has 0 atom stereocenters. The van der Waals surface area contributed by atoms with Gasteiger partial charge in [0.25, 0.3) is 0 Å². The zero-order valence-corrected chi connectivity index (χ0v) is 39.9. The van der Waals surface area contributed by atoms with Gasteiger partial charge in [-0.2, -0.15) is 0 Å². The quantitative estimate of drug-likeness (QED) is 0.112. The third-order valence-electron chi connectivity index (χ3n) is 15.0. The maximum Gasteiger partial charge on any atom is 0.336 e. The molecular weight excluding hydrogens is 876 g/mol. The Morgan fingerprint density at radius 2 is 0.901 bits per heavy atom. The van der Waals surface area contributed by atoms with Gasteiger partial charge in [-0.15, -0.1) is 0 Å². The van der Waals surface area contributed by atoms with Crippen LogP contribution in [0.3, 0.4) is 0 Å². The normalized spacial score (nSPS) is 12.6. The number of para-hydroxylation sites is 5. The fourth-order valence-electron chi connectivity index (χ4n) is 12.0. The Morgan fingerprint density at radius 1 is 0.338 bits per heavy atom. The summed E-state index contributed by atoms with van der Waals surface area (Å²) in [6.45, 7) is -0.141. The molecule has 332 valence electrons. The van der Waals surface area contributed by atoms with Crippen LogP contribution in [0.1, 0.15) is 0 Å². The molecule has 2 aliphatic rings. The first-order chi connectivity index (χ1) is 35.2. The summed E-state index contributed by atoms with van der Waals surface area (Å²) in [5, 5.41) is 7.88. The first kappa shape index (κ1) is 41.1. The molecule has 71 heavy (non-hydrogen) atoms. The van der Waals surface area contributed by atoms with E-state index in [1.54, 1.807) is 0 Å². The Labute approximate surface area is 415 Å². The highest BCUT2D eigenvalue weighted by atomic mass is 28.3. The van der Waals surface area contributed by atoms with Gasteiger partial charge in [0.15, 0.2) is 8.07 Å². The molecule has 12 aromatic rings. The number of benzene rings is 11. The van der Waals surface area contributed by atoms with Gasteiger partial charge in [-0.05, 0) is 103 Å². The summed E-state index contributed by atoms with van der Waals surface area (Å²) in [5.41, 5.74) is 15.1. The maximum atomic E-state index is 7.09. The summed E-state index contributed by atoms with van der Waals surface area (Å²) >= 11 is 0. The van der Waals surface area contributed by atoms with Gasteiger partial charge < -0.3 is 14.1 Å². The highest BCUT2D eigenvalue weighted by molar-refractivity contribution is 7.20. The highest BCUT2D eigenvalue weighted by Gasteiger charge is 2.45. The molecule has 11 aromatic carbocycles. The number of fused-ring (bicyclic) bond motifs is 7. The average molecular weight is 921 g/mol. The van der Waals surface area contributed by atoms with Crippen molar-refractivity contribution in [2.75, 3.05) is 4.81 Å². The predicted molar refractivity (Wildman–Crippen MR) is 301 cm³/mol. The number of aromatic nitrogens is 1. The van der Waals surface area contributed by atoms with Crippen LogP contribution in [-0.2, 0) is 0 Å². The van der Waals surface area contributed by atoms with Gasteiger partial charge in [0.2, 0.25) is 0 Å². The zero-order chi connectivity index (χ0) is 46.9. The smallest absolute Gasteiger partial charge is 0.336 e. The SMILES string of the molecule is c1ccc(N2B3c4ccccc4Oc4cc(-c5cccc([Si](c6ccccc6)(c6ccccc6)c6ccccc6)c5)cc(c43)-c3ccc(-c4ccccc4-n4c5ccccc5c5ccccc54)cc32)cc1. The standard InChI is InChI=1S/C66H45BN2OSi/c1-5-23-49(24-6-1)69-63-44-47(54-32-13-17-36-60(54)68-61-37-18-14-33-55(61)56-34-15-19-38-62(56)68)40-41-57(63)58-43-48(45-65-66(58)67(69)59-35-16-20-39-64(59)70-65)46-22-21-31-53(42-46)71(50-25-7-2-8-26-50,51-27-9-3-10-28-51)52-29-11-4-12-30-52/h1-45H. The second-order valence-corrected chi connectivity index (χ2v) is 22.5. The van der Waals surface area contributed by atoms with E-state index in [1.807, 2.05) is 0 Å². The van der Waals surface area contributed by atoms with Crippen LogP contribution in [0.5, 0.6) is 11.5 Å². The van der Waals surface area contributed by atoms with Crippen molar-refractivity contribution in [1.82, 2.24) is 4.57 Å². The van der Waals surface area contributed by atoms with Gasteiger partial charge >= 0.3 is 6.85 Å². The van der Waals surface area contributed by atoms with E-state index in [-0.39, 0.29) is 6.85 Å². The van der Waals surface area contributed by atoms with E-state index < -0.39 is 8.07 Å². The van der Waals surface area contributed by atoms with Gasteiger partial charge in [-0.25, -0.2) is 0 Å². The van der Waals surface area contributed by atoms with Crippen LogP contribution in [0, 0.1) is 0 Å². The molecule has 5 heteroatoms. The Bertz CT molecular complexity index is 3840. The van der Waals surface area contributed by atoms with Crippen LogP contribution >= 0.6 is 0 Å². The first-order valence-electron chi connectivity index (χ1n) is 24.5. The predicted octanol–water partition coefficient (Wildman–Crippen LogP) is 12.5. The molecule has 0 unspecified atom stereocenters. The number of hydrogen-bond donors (Lipinski definition) is 0. The number of ether oxygens (including phenoxy) is 1. The van der Waals surface area contributed by atoms with E-state index in [1.165, 1.54) is 64.7 Å². The minimum absolute atomic E-state index is 0.141. The lowest BCUT2D eigenvalue weighted by Crippen LogP contribution is -2.74. The van der Waals surface area contributed by atoms with Crippen LogP contribution in [0.15, 0.2) is 273 Å². The summed E-state index contributed by atoms with van der Waals surface area (Å²) in [6, 6.07) is 101. The Balaban J connectivity index is 1.00. The van der Waals surface area contributed by atoms with Gasteiger partial charge in [-0.3, -0.25) is 0 Å². The van der Waals surface area contributed by atoms with E-state index in [0.29, 0.717) is 0 Å². The molecule has 3 heterocycles. The van der Waals surface area contributed by atoms with Gasteiger partial charge in [0.05, 0.1) is 16.7 Å². The second kappa shape index (κ2) is 16.7. The second-order valence-electron chi connectivity index (χ2n) is 18.7. The molecule has 3 nitrogen and oxygen atoms in total. The third-order valence-corrected chi connectivity index (χ3v) is 19.7. The number of rotatable bonds is 8. The average Bonchev–Trinajstić information content (AvgIpc) is 3.78. The van der Waals surface area contributed by atoms with Crippen molar-refractivity contribution in [3.8, 4) is 50.6 Å². The molecule has 2 aliphatic heterocycles. The molecule has 0 saturated heterocycles. The van der Waals surface area contributed by atoms with Gasteiger partial charge in [-0.1, -0.05) is 218 Å². The van der Waals surface area contributed by atoms with Crippen LogP contribution in [0.4, 0.5) is 11.4 Å². The van der Waals surface area contributed by atoms with Gasteiger partial charge in [0.1, 0.15) is 11.5 Å². The van der Waals surface area contributed by atoms with Crippen molar-refractivity contribution in [3.63, 3.8) is 0 Å². The molecule has 0 saturated carbocycles. The molecule has 0 aliphatic carbocycles. The number of hydrogen-bond acceptors (Lipinski definition) is 2. The Hall–Kier alpha value is -8.90. The van der Waals surface area contributed by atoms with Crippen molar-refractivity contribution >= 4 is 79.8 Å².